The molecule has 2 aliphatic rings. The number of carbonyl (C=O) groups is 2. The number of primary amides is 1. The van der Waals surface area contributed by atoms with Crippen molar-refractivity contribution in [1.82, 2.24) is 10.2 Å². The molecule has 0 fully saturated rings. The van der Waals surface area contributed by atoms with Crippen LogP contribution in [0, 0.1) is 0 Å². The lowest BCUT2D eigenvalue weighted by Gasteiger charge is -2.30. The van der Waals surface area contributed by atoms with Crippen LogP contribution in [0.2, 0.25) is 0 Å². The van der Waals surface area contributed by atoms with Crippen LogP contribution in [0.15, 0.2) is 42.5 Å². The van der Waals surface area contributed by atoms with E-state index in [2.05, 4.69) is 29.6 Å². The zero-order valence-electron chi connectivity index (χ0n) is 14.7. The Morgan fingerprint density at radius 1 is 1.08 bits per heavy atom. The van der Waals surface area contributed by atoms with Gasteiger partial charge < -0.3 is 16.0 Å². The highest BCUT2D eigenvalue weighted by atomic mass is 16.2. The normalized spacial score (nSPS) is 18.2. The first-order valence-electron chi connectivity index (χ1n) is 9.14. The molecule has 2 aromatic rings. The standard InChI is InChI=1S/C21H23N3O2/c22-20(25)19-7-3-5-16-13-24(11-10-18(16)19)21(26)23-12-15-9-8-14-4-1-2-6-17(14)15/h1-7,15H,8-13H2,(H2,22,25)(H,23,26). The fraction of sp³-hybridized carbons (Fsp3) is 0.333. The van der Waals surface area contributed by atoms with Crippen molar-refractivity contribution in [2.45, 2.75) is 31.7 Å². The number of urea groups is 1. The lowest BCUT2D eigenvalue weighted by Crippen LogP contribution is -2.44. The Bertz CT molecular complexity index is 862. The summed E-state index contributed by atoms with van der Waals surface area (Å²) in [5.74, 6) is -0.00617. The third kappa shape index (κ3) is 3.05. The van der Waals surface area contributed by atoms with E-state index in [0.717, 1.165) is 24.0 Å². The van der Waals surface area contributed by atoms with Crippen molar-refractivity contribution >= 4 is 11.9 Å². The molecule has 5 heteroatoms. The largest absolute Gasteiger partial charge is 0.366 e. The number of nitrogens with zero attached hydrogens (tertiary/aromatic N) is 1. The van der Waals surface area contributed by atoms with Gasteiger partial charge in [0.2, 0.25) is 5.91 Å². The lowest BCUT2D eigenvalue weighted by atomic mass is 9.94. The van der Waals surface area contributed by atoms with Gasteiger partial charge in [0, 0.05) is 31.1 Å². The topological polar surface area (TPSA) is 75.4 Å². The van der Waals surface area contributed by atoms with Gasteiger partial charge in [-0.1, -0.05) is 36.4 Å². The van der Waals surface area contributed by atoms with Gasteiger partial charge in [0.1, 0.15) is 0 Å². The van der Waals surface area contributed by atoms with E-state index in [0.29, 0.717) is 37.5 Å². The average Bonchev–Trinajstić information content (AvgIpc) is 3.08. The molecule has 26 heavy (non-hydrogen) atoms. The van der Waals surface area contributed by atoms with Crippen LogP contribution in [-0.4, -0.2) is 29.9 Å². The predicted octanol–water partition coefficient (Wildman–Crippen LogP) is 2.58. The molecule has 4 rings (SSSR count). The van der Waals surface area contributed by atoms with Crippen LogP contribution in [-0.2, 0) is 19.4 Å². The van der Waals surface area contributed by atoms with Crippen molar-refractivity contribution in [3.63, 3.8) is 0 Å². The van der Waals surface area contributed by atoms with Crippen LogP contribution in [0.5, 0.6) is 0 Å². The third-order valence-electron chi connectivity index (χ3n) is 5.58. The maximum Gasteiger partial charge on any atom is 0.317 e. The van der Waals surface area contributed by atoms with Crippen LogP contribution in [0.1, 0.15) is 45.0 Å². The highest BCUT2D eigenvalue weighted by Crippen LogP contribution is 2.32. The number of rotatable bonds is 3. The van der Waals surface area contributed by atoms with Gasteiger partial charge in [-0.3, -0.25) is 4.79 Å². The number of carbonyl (C=O) groups excluding carboxylic acids is 2. The Hall–Kier alpha value is -2.82. The quantitative estimate of drug-likeness (QED) is 0.894. The van der Waals surface area contributed by atoms with E-state index in [9.17, 15) is 9.59 Å². The zero-order chi connectivity index (χ0) is 18.1. The molecular formula is C21H23N3O2. The number of nitrogens with one attached hydrogen (secondary N) is 1. The first-order chi connectivity index (χ1) is 12.6. The Labute approximate surface area is 153 Å². The van der Waals surface area contributed by atoms with Gasteiger partial charge in [0.25, 0.3) is 0 Å². The number of benzene rings is 2. The highest BCUT2D eigenvalue weighted by Gasteiger charge is 2.26. The van der Waals surface area contributed by atoms with Gasteiger partial charge in [-0.25, -0.2) is 4.79 Å². The summed E-state index contributed by atoms with van der Waals surface area (Å²) in [6.07, 6.45) is 2.84. The van der Waals surface area contributed by atoms with E-state index in [-0.39, 0.29) is 6.03 Å². The summed E-state index contributed by atoms with van der Waals surface area (Å²) in [4.78, 5) is 26.0. The molecule has 0 bridgehead atoms. The van der Waals surface area contributed by atoms with Crippen LogP contribution in [0.4, 0.5) is 4.79 Å². The summed E-state index contributed by atoms with van der Waals surface area (Å²) in [7, 11) is 0. The van der Waals surface area contributed by atoms with Crippen LogP contribution < -0.4 is 11.1 Å². The van der Waals surface area contributed by atoms with Crippen molar-refractivity contribution in [3.05, 3.63) is 70.3 Å². The summed E-state index contributed by atoms with van der Waals surface area (Å²) in [5, 5.41) is 3.10. The van der Waals surface area contributed by atoms with Gasteiger partial charge in [-0.05, 0) is 47.6 Å². The van der Waals surface area contributed by atoms with Crippen LogP contribution in [0.25, 0.3) is 0 Å². The van der Waals surface area contributed by atoms with Gasteiger partial charge in [-0.15, -0.1) is 0 Å². The highest BCUT2D eigenvalue weighted by molar-refractivity contribution is 5.94. The Balaban J connectivity index is 1.40. The minimum absolute atomic E-state index is 0.0375. The molecule has 0 aromatic heterocycles. The summed E-state index contributed by atoms with van der Waals surface area (Å²) >= 11 is 0. The number of hydrogen-bond donors (Lipinski definition) is 2. The summed E-state index contributed by atoms with van der Waals surface area (Å²) < 4.78 is 0. The second kappa shape index (κ2) is 6.83. The minimum atomic E-state index is -0.403. The van der Waals surface area contributed by atoms with Gasteiger partial charge >= 0.3 is 6.03 Å². The van der Waals surface area contributed by atoms with Crippen molar-refractivity contribution in [2.24, 2.45) is 5.73 Å². The monoisotopic (exact) mass is 349 g/mol. The number of aryl methyl sites for hydroxylation is 1. The summed E-state index contributed by atoms with van der Waals surface area (Å²) in [6.45, 7) is 1.79. The van der Waals surface area contributed by atoms with Crippen LogP contribution in [0.3, 0.4) is 0 Å². The minimum Gasteiger partial charge on any atom is -0.366 e. The maximum atomic E-state index is 12.6. The second-order valence-electron chi connectivity index (χ2n) is 7.10. The molecule has 1 heterocycles. The average molecular weight is 349 g/mol. The SMILES string of the molecule is NC(=O)c1cccc2c1CCN(C(=O)NCC1CCc3ccccc31)C2. The smallest absolute Gasteiger partial charge is 0.317 e. The van der Waals surface area contributed by atoms with Crippen LogP contribution >= 0.6 is 0 Å². The molecule has 0 saturated carbocycles. The Morgan fingerprint density at radius 3 is 2.73 bits per heavy atom. The van der Waals surface area contributed by atoms with E-state index in [1.54, 1.807) is 6.07 Å². The number of fused-ring (bicyclic) bond motifs is 2. The zero-order valence-corrected chi connectivity index (χ0v) is 14.7. The fourth-order valence-corrected chi connectivity index (χ4v) is 4.19. The molecule has 3 amide bonds. The first kappa shape index (κ1) is 16.6. The molecule has 0 spiro atoms. The van der Waals surface area contributed by atoms with Gasteiger partial charge in [0.15, 0.2) is 0 Å². The molecule has 0 saturated heterocycles. The van der Waals surface area contributed by atoms with E-state index >= 15 is 0 Å². The van der Waals surface area contributed by atoms with Crippen molar-refractivity contribution in [1.29, 1.82) is 0 Å². The molecule has 0 radical (unpaired) electrons. The molecule has 5 nitrogen and oxygen atoms in total. The Kier molecular flexibility index (Phi) is 4.37. The van der Waals surface area contributed by atoms with Crippen molar-refractivity contribution in [2.75, 3.05) is 13.1 Å². The molecule has 2 aromatic carbocycles. The Morgan fingerprint density at radius 2 is 1.88 bits per heavy atom. The molecule has 1 unspecified atom stereocenters. The third-order valence-corrected chi connectivity index (χ3v) is 5.58. The van der Waals surface area contributed by atoms with E-state index < -0.39 is 5.91 Å². The first-order valence-corrected chi connectivity index (χ1v) is 9.14. The molecule has 1 aliphatic heterocycles. The van der Waals surface area contributed by atoms with E-state index in [1.807, 2.05) is 17.0 Å². The fourth-order valence-electron chi connectivity index (χ4n) is 4.19. The summed E-state index contributed by atoms with van der Waals surface area (Å²) in [6, 6.07) is 14.0. The predicted molar refractivity (Wildman–Crippen MR) is 100.0 cm³/mol. The number of nitrogens with two attached hydrogens (primary N) is 1. The van der Waals surface area contributed by atoms with Gasteiger partial charge in [0.05, 0.1) is 0 Å². The molecular weight excluding hydrogens is 326 g/mol. The lowest BCUT2D eigenvalue weighted by molar-refractivity contribution is 0.0999. The second-order valence-corrected chi connectivity index (χ2v) is 7.10. The molecule has 1 atom stereocenters. The number of amides is 3. The molecule has 1 aliphatic carbocycles. The van der Waals surface area contributed by atoms with Crippen molar-refractivity contribution in [3.8, 4) is 0 Å². The van der Waals surface area contributed by atoms with E-state index in [4.69, 9.17) is 5.73 Å². The molecule has 3 N–H and O–H groups in total. The number of hydrogen-bond acceptors (Lipinski definition) is 2. The van der Waals surface area contributed by atoms with E-state index in [1.165, 1.54) is 11.1 Å². The van der Waals surface area contributed by atoms with Gasteiger partial charge in [-0.2, -0.15) is 0 Å². The van der Waals surface area contributed by atoms with Crippen molar-refractivity contribution < 1.29 is 9.59 Å². The molecule has 134 valence electrons. The maximum absolute atomic E-state index is 12.6. The summed E-state index contributed by atoms with van der Waals surface area (Å²) in [5.41, 5.74) is 10.8.